The third-order valence-corrected chi connectivity index (χ3v) is 2.64. The first-order valence-electron chi connectivity index (χ1n) is 4.73. The van der Waals surface area contributed by atoms with E-state index in [1.165, 1.54) is 5.82 Å². The lowest BCUT2D eigenvalue weighted by Crippen LogP contribution is -2.44. The van der Waals surface area contributed by atoms with Gasteiger partial charge in [-0.15, -0.1) is 0 Å². The van der Waals surface area contributed by atoms with E-state index in [-0.39, 0.29) is 0 Å². The van der Waals surface area contributed by atoms with Crippen LogP contribution in [0.15, 0.2) is 6.20 Å². The average molecular weight is 180 g/mol. The fraction of sp³-hybridized carbons (Fsp3) is 0.667. The number of hydrogen-bond acceptors (Lipinski definition) is 3. The number of aryl methyl sites for hydroxylation is 1. The van der Waals surface area contributed by atoms with Crippen LogP contribution in [0.5, 0.6) is 0 Å². The molecular formula is C9H16N4. The van der Waals surface area contributed by atoms with Crippen molar-refractivity contribution in [3.05, 3.63) is 12.0 Å². The maximum absolute atomic E-state index is 4.29. The van der Waals surface area contributed by atoms with Crippen LogP contribution in [0.25, 0.3) is 0 Å². The molecule has 2 heterocycles. The summed E-state index contributed by atoms with van der Waals surface area (Å²) in [6.07, 6.45) is 1.96. The Morgan fingerprint density at radius 3 is 2.62 bits per heavy atom. The van der Waals surface area contributed by atoms with E-state index in [9.17, 15) is 0 Å². The van der Waals surface area contributed by atoms with E-state index in [1.807, 2.05) is 13.1 Å². The monoisotopic (exact) mass is 180 g/mol. The molecule has 4 heteroatoms. The molecule has 0 bridgehead atoms. The van der Waals surface area contributed by atoms with Crippen molar-refractivity contribution in [2.24, 2.45) is 7.05 Å². The molecule has 1 aromatic rings. The Labute approximate surface area is 78.6 Å². The van der Waals surface area contributed by atoms with Crippen LogP contribution < -0.4 is 10.2 Å². The minimum Gasteiger partial charge on any atom is -0.354 e. The normalized spacial score (nSPS) is 17.8. The van der Waals surface area contributed by atoms with Crippen LogP contribution in [0.3, 0.4) is 0 Å². The van der Waals surface area contributed by atoms with Crippen molar-refractivity contribution in [3.63, 3.8) is 0 Å². The lowest BCUT2D eigenvalue weighted by molar-refractivity contribution is 0.578. The minimum absolute atomic E-state index is 1.07. The van der Waals surface area contributed by atoms with Gasteiger partial charge < -0.3 is 14.8 Å². The van der Waals surface area contributed by atoms with Gasteiger partial charge in [-0.3, -0.25) is 0 Å². The van der Waals surface area contributed by atoms with E-state index in [0.29, 0.717) is 0 Å². The summed E-state index contributed by atoms with van der Waals surface area (Å²) in [5.41, 5.74) is 0. The molecule has 4 nitrogen and oxygen atoms in total. The third-order valence-electron chi connectivity index (χ3n) is 2.64. The molecule has 1 aliphatic heterocycles. The molecule has 0 radical (unpaired) electrons. The summed E-state index contributed by atoms with van der Waals surface area (Å²) in [6.45, 7) is 6.35. The summed E-state index contributed by atoms with van der Waals surface area (Å²) in [5.74, 6) is 2.31. The fourth-order valence-corrected chi connectivity index (χ4v) is 1.68. The molecule has 0 saturated carbocycles. The fourth-order valence-electron chi connectivity index (χ4n) is 1.68. The number of hydrogen-bond donors (Lipinski definition) is 1. The first-order valence-corrected chi connectivity index (χ1v) is 4.73. The van der Waals surface area contributed by atoms with Crippen molar-refractivity contribution in [1.29, 1.82) is 0 Å². The highest BCUT2D eigenvalue weighted by Crippen LogP contribution is 2.14. The van der Waals surface area contributed by atoms with Crippen molar-refractivity contribution < 1.29 is 0 Å². The quantitative estimate of drug-likeness (QED) is 0.667. The van der Waals surface area contributed by atoms with Gasteiger partial charge in [0.25, 0.3) is 0 Å². The molecular weight excluding hydrogens is 164 g/mol. The highest BCUT2D eigenvalue weighted by molar-refractivity contribution is 5.39. The SMILES string of the molecule is Cc1ncc(N2CCNCC2)n1C. The van der Waals surface area contributed by atoms with Crippen LogP contribution in [0, 0.1) is 6.92 Å². The maximum Gasteiger partial charge on any atom is 0.128 e. The molecule has 72 valence electrons. The van der Waals surface area contributed by atoms with E-state index < -0.39 is 0 Å². The largest absolute Gasteiger partial charge is 0.354 e. The summed E-state index contributed by atoms with van der Waals surface area (Å²) in [6, 6.07) is 0. The van der Waals surface area contributed by atoms with Crippen LogP contribution in [0.2, 0.25) is 0 Å². The molecule has 2 rings (SSSR count). The molecule has 0 atom stereocenters. The van der Waals surface area contributed by atoms with E-state index in [0.717, 1.165) is 32.0 Å². The summed E-state index contributed by atoms with van der Waals surface area (Å²) >= 11 is 0. The molecule has 1 saturated heterocycles. The minimum atomic E-state index is 1.07. The molecule has 0 unspecified atom stereocenters. The van der Waals surface area contributed by atoms with E-state index in [1.54, 1.807) is 0 Å². The van der Waals surface area contributed by atoms with Crippen molar-refractivity contribution in [1.82, 2.24) is 14.9 Å². The Balaban J connectivity index is 2.18. The van der Waals surface area contributed by atoms with Crippen LogP contribution in [0.4, 0.5) is 5.82 Å². The highest BCUT2D eigenvalue weighted by atomic mass is 15.3. The van der Waals surface area contributed by atoms with Crippen molar-refractivity contribution >= 4 is 5.82 Å². The van der Waals surface area contributed by atoms with Crippen LogP contribution in [-0.4, -0.2) is 35.7 Å². The summed E-state index contributed by atoms with van der Waals surface area (Å²) < 4.78 is 2.14. The molecule has 13 heavy (non-hydrogen) atoms. The number of anilines is 1. The zero-order chi connectivity index (χ0) is 9.26. The first-order chi connectivity index (χ1) is 6.29. The highest BCUT2D eigenvalue weighted by Gasteiger charge is 2.13. The lowest BCUT2D eigenvalue weighted by atomic mass is 10.4. The predicted octanol–water partition coefficient (Wildman–Crippen LogP) is 0.138. The second-order valence-corrected chi connectivity index (χ2v) is 3.46. The summed E-state index contributed by atoms with van der Waals surface area (Å²) in [4.78, 5) is 6.66. The van der Waals surface area contributed by atoms with Gasteiger partial charge in [-0.1, -0.05) is 0 Å². The number of piperazine rings is 1. The van der Waals surface area contributed by atoms with E-state index in [2.05, 4.69) is 26.8 Å². The zero-order valence-electron chi connectivity index (χ0n) is 8.25. The number of nitrogens with one attached hydrogen (secondary N) is 1. The maximum atomic E-state index is 4.29. The number of imidazole rings is 1. The third kappa shape index (κ3) is 1.54. The lowest BCUT2D eigenvalue weighted by Gasteiger charge is -2.29. The molecule has 1 N–H and O–H groups in total. The zero-order valence-corrected chi connectivity index (χ0v) is 8.25. The van der Waals surface area contributed by atoms with Crippen molar-refractivity contribution in [3.8, 4) is 0 Å². The van der Waals surface area contributed by atoms with Crippen molar-refractivity contribution in [2.75, 3.05) is 31.1 Å². The predicted molar refractivity (Wildman–Crippen MR) is 53.0 cm³/mol. The van der Waals surface area contributed by atoms with Crippen LogP contribution in [0.1, 0.15) is 5.82 Å². The van der Waals surface area contributed by atoms with Crippen LogP contribution in [-0.2, 0) is 7.05 Å². The standard InChI is InChI=1S/C9H16N4/c1-8-11-7-9(12(8)2)13-5-3-10-4-6-13/h7,10H,3-6H2,1-2H3. The number of nitrogens with zero attached hydrogens (tertiary/aromatic N) is 3. The van der Waals surface area contributed by atoms with Gasteiger partial charge in [0.05, 0.1) is 6.20 Å². The molecule has 0 aliphatic carbocycles. The smallest absolute Gasteiger partial charge is 0.128 e. The van der Waals surface area contributed by atoms with Crippen molar-refractivity contribution in [2.45, 2.75) is 6.92 Å². The second-order valence-electron chi connectivity index (χ2n) is 3.46. The topological polar surface area (TPSA) is 33.1 Å². The van der Waals surface area contributed by atoms with Gasteiger partial charge in [-0.25, -0.2) is 4.98 Å². The average Bonchev–Trinajstić information content (AvgIpc) is 2.49. The van der Waals surface area contributed by atoms with E-state index in [4.69, 9.17) is 0 Å². The Hall–Kier alpha value is -1.03. The molecule has 0 spiro atoms. The van der Waals surface area contributed by atoms with Gasteiger partial charge in [-0.05, 0) is 6.92 Å². The Kier molecular flexibility index (Phi) is 2.22. The Morgan fingerprint density at radius 2 is 2.08 bits per heavy atom. The first kappa shape index (κ1) is 8.56. The molecule has 1 aromatic heterocycles. The van der Waals surface area contributed by atoms with Crippen LogP contribution >= 0.6 is 0 Å². The Morgan fingerprint density at radius 1 is 1.38 bits per heavy atom. The molecule has 0 aromatic carbocycles. The van der Waals surface area contributed by atoms with Gasteiger partial charge in [0.15, 0.2) is 0 Å². The Bertz CT molecular complexity index is 286. The molecule has 1 aliphatic rings. The van der Waals surface area contributed by atoms with Gasteiger partial charge in [0.1, 0.15) is 11.6 Å². The summed E-state index contributed by atoms with van der Waals surface area (Å²) in [5, 5.41) is 3.34. The van der Waals surface area contributed by atoms with Gasteiger partial charge >= 0.3 is 0 Å². The number of aromatic nitrogens is 2. The second kappa shape index (κ2) is 3.38. The number of rotatable bonds is 1. The van der Waals surface area contributed by atoms with Gasteiger partial charge in [-0.2, -0.15) is 0 Å². The van der Waals surface area contributed by atoms with Gasteiger partial charge in [0.2, 0.25) is 0 Å². The summed E-state index contributed by atoms with van der Waals surface area (Å²) in [7, 11) is 2.07. The van der Waals surface area contributed by atoms with E-state index >= 15 is 0 Å². The van der Waals surface area contributed by atoms with Gasteiger partial charge in [0, 0.05) is 33.2 Å². The molecule has 1 fully saturated rings. The molecule has 0 amide bonds.